The topological polar surface area (TPSA) is 131 Å². The molecule has 0 aliphatic carbocycles. The van der Waals surface area contributed by atoms with Crippen LogP contribution in [0.15, 0.2) is 30.6 Å². The zero-order valence-electron chi connectivity index (χ0n) is 14.4. The molecule has 0 bridgehead atoms. The van der Waals surface area contributed by atoms with Gasteiger partial charge < -0.3 is 20.1 Å². The molecule has 2 aromatic rings. The molecule has 0 fully saturated rings. The van der Waals surface area contributed by atoms with Crippen LogP contribution in [0.25, 0.3) is 0 Å². The molecular weight excluding hydrogens is 342 g/mol. The predicted molar refractivity (Wildman–Crippen MR) is 94.7 cm³/mol. The van der Waals surface area contributed by atoms with Crippen LogP contribution in [0.3, 0.4) is 0 Å². The van der Waals surface area contributed by atoms with Gasteiger partial charge in [0.1, 0.15) is 6.33 Å². The molecular formula is C16H19N5O5. The van der Waals surface area contributed by atoms with Crippen LogP contribution in [0.2, 0.25) is 0 Å². The van der Waals surface area contributed by atoms with Gasteiger partial charge in [-0.3, -0.25) is 10.1 Å². The second-order valence-electron chi connectivity index (χ2n) is 5.15. The SMILES string of the molecule is CCN(CCO)c1ncnc(Nc2ccc(C(=O)OC)cc2)c1[N+](=O)[O-]. The van der Waals surface area contributed by atoms with E-state index in [4.69, 9.17) is 5.11 Å². The Morgan fingerprint density at radius 2 is 2.04 bits per heavy atom. The summed E-state index contributed by atoms with van der Waals surface area (Å²) in [5.41, 5.74) is 0.575. The highest BCUT2D eigenvalue weighted by Crippen LogP contribution is 2.33. The minimum atomic E-state index is -0.569. The maximum absolute atomic E-state index is 11.6. The van der Waals surface area contributed by atoms with Crippen molar-refractivity contribution in [3.8, 4) is 0 Å². The largest absolute Gasteiger partial charge is 0.465 e. The summed E-state index contributed by atoms with van der Waals surface area (Å²) in [6, 6.07) is 6.24. The van der Waals surface area contributed by atoms with Crippen molar-refractivity contribution in [1.29, 1.82) is 0 Å². The number of aliphatic hydroxyl groups excluding tert-OH is 1. The molecule has 0 spiro atoms. The van der Waals surface area contributed by atoms with Crippen LogP contribution in [0.5, 0.6) is 0 Å². The van der Waals surface area contributed by atoms with E-state index in [0.29, 0.717) is 17.8 Å². The average molecular weight is 361 g/mol. The first kappa shape index (κ1) is 19.1. The van der Waals surface area contributed by atoms with Gasteiger partial charge in [0, 0.05) is 18.8 Å². The van der Waals surface area contributed by atoms with E-state index in [1.807, 2.05) is 0 Å². The molecule has 0 saturated carbocycles. The standard InChI is InChI=1S/C16H19N5O5/c1-3-20(8-9-22)15-13(21(24)25)14(17-10-18-15)19-12-6-4-11(5-7-12)16(23)26-2/h4-7,10,22H,3,8-9H2,1-2H3,(H,17,18,19). The molecule has 0 atom stereocenters. The monoisotopic (exact) mass is 361 g/mol. The van der Waals surface area contributed by atoms with Crippen LogP contribution in [0.1, 0.15) is 17.3 Å². The lowest BCUT2D eigenvalue weighted by atomic mass is 10.2. The molecule has 0 aliphatic rings. The third-order valence-corrected chi connectivity index (χ3v) is 3.61. The Morgan fingerprint density at radius 3 is 2.58 bits per heavy atom. The average Bonchev–Trinajstić information content (AvgIpc) is 2.65. The summed E-state index contributed by atoms with van der Waals surface area (Å²) < 4.78 is 4.63. The van der Waals surface area contributed by atoms with E-state index in [-0.39, 0.29) is 30.5 Å². The Hall–Kier alpha value is -3.27. The lowest BCUT2D eigenvalue weighted by Crippen LogP contribution is -2.28. The molecule has 1 aromatic heterocycles. The van der Waals surface area contributed by atoms with Crippen LogP contribution in [0.4, 0.5) is 23.0 Å². The molecule has 1 heterocycles. The summed E-state index contributed by atoms with van der Waals surface area (Å²) in [7, 11) is 1.28. The quantitative estimate of drug-likeness (QED) is 0.410. The van der Waals surface area contributed by atoms with Crippen LogP contribution in [-0.2, 0) is 4.74 Å². The summed E-state index contributed by atoms with van der Waals surface area (Å²) in [6.45, 7) is 2.29. The summed E-state index contributed by atoms with van der Waals surface area (Å²) in [6.07, 6.45) is 1.22. The van der Waals surface area contributed by atoms with Gasteiger partial charge in [0.05, 0.1) is 24.2 Å². The molecule has 0 aliphatic heterocycles. The highest BCUT2D eigenvalue weighted by Gasteiger charge is 2.26. The Kier molecular flexibility index (Phi) is 6.39. The van der Waals surface area contributed by atoms with Gasteiger partial charge in [-0.1, -0.05) is 0 Å². The smallest absolute Gasteiger partial charge is 0.353 e. The van der Waals surface area contributed by atoms with E-state index >= 15 is 0 Å². The number of methoxy groups -OCH3 is 1. The minimum absolute atomic E-state index is 0.0159. The van der Waals surface area contributed by atoms with Crippen molar-refractivity contribution in [1.82, 2.24) is 9.97 Å². The summed E-state index contributed by atoms with van der Waals surface area (Å²) in [5.74, 6) is -0.341. The Morgan fingerprint density at radius 1 is 1.35 bits per heavy atom. The number of hydrogen-bond donors (Lipinski definition) is 2. The number of hydrogen-bond acceptors (Lipinski definition) is 9. The molecule has 1 aromatic carbocycles. The van der Waals surface area contributed by atoms with Crippen molar-refractivity contribution in [2.45, 2.75) is 6.92 Å². The van der Waals surface area contributed by atoms with Crippen LogP contribution < -0.4 is 10.2 Å². The van der Waals surface area contributed by atoms with Gasteiger partial charge >= 0.3 is 11.7 Å². The van der Waals surface area contributed by atoms with E-state index in [2.05, 4.69) is 20.0 Å². The van der Waals surface area contributed by atoms with Gasteiger partial charge in [-0.2, -0.15) is 0 Å². The number of aromatic nitrogens is 2. The van der Waals surface area contributed by atoms with Crippen LogP contribution in [0, 0.1) is 10.1 Å². The molecule has 0 unspecified atom stereocenters. The number of carbonyl (C=O) groups excluding carboxylic acids is 1. The van der Waals surface area contributed by atoms with Crippen LogP contribution >= 0.6 is 0 Å². The van der Waals surface area contributed by atoms with E-state index in [1.54, 1.807) is 24.0 Å². The molecule has 26 heavy (non-hydrogen) atoms. The first-order chi connectivity index (χ1) is 12.5. The van der Waals surface area contributed by atoms with Gasteiger partial charge in [0.25, 0.3) is 0 Å². The fourth-order valence-electron chi connectivity index (χ4n) is 2.34. The fourth-order valence-corrected chi connectivity index (χ4v) is 2.34. The number of carbonyl (C=O) groups is 1. The lowest BCUT2D eigenvalue weighted by Gasteiger charge is -2.20. The van der Waals surface area contributed by atoms with Crippen molar-refractivity contribution >= 4 is 29.0 Å². The molecule has 2 rings (SSSR count). The van der Waals surface area contributed by atoms with Gasteiger partial charge in [-0.05, 0) is 31.2 Å². The third-order valence-electron chi connectivity index (χ3n) is 3.61. The Bertz CT molecular complexity index is 781. The van der Waals surface area contributed by atoms with Crippen molar-refractivity contribution in [2.24, 2.45) is 0 Å². The minimum Gasteiger partial charge on any atom is -0.465 e. The highest BCUT2D eigenvalue weighted by molar-refractivity contribution is 5.89. The van der Waals surface area contributed by atoms with E-state index in [0.717, 1.165) is 0 Å². The number of benzene rings is 1. The third kappa shape index (κ3) is 4.22. The van der Waals surface area contributed by atoms with Crippen molar-refractivity contribution in [3.05, 3.63) is 46.3 Å². The molecule has 0 saturated heterocycles. The number of nitrogens with one attached hydrogen (secondary N) is 1. The molecule has 10 nitrogen and oxygen atoms in total. The summed E-state index contributed by atoms with van der Waals surface area (Å²) in [5, 5.41) is 23.6. The molecule has 0 amide bonds. The maximum atomic E-state index is 11.6. The van der Waals surface area contributed by atoms with Crippen molar-refractivity contribution < 1.29 is 19.6 Å². The van der Waals surface area contributed by atoms with Crippen molar-refractivity contribution in [2.75, 3.05) is 37.0 Å². The zero-order valence-corrected chi connectivity index (χ0v) is 14.4. The van der Waals surface area contributed by atoms with Crippen LogP contribution in [-0.4, -0.2) is 52.8 Å². The molecule has 138 valence electrons. The molecule has 0 radical (unpaired) electrons. The van der Waals surface area contributed by atoms with Gasteiger partial charge in [0.2, 0.25) is 11.6 Å². The first-order valence-electron chi connectivity index (χ1n) is 7.82. The lowest BCUT2D eigenvalue weighted by molar-refractivity contribution is -0.383. The molecule has 2 N–H and O–H groups in total. The van der Waals surface area contributed by atoms with Gasteiger partial charge in [0.15, 0.2) is 0 Å². The zero-order chi connectivity index (χ0) is 19.1. The fraction of sp³-hybridized carbons (Fsp3) is 0.312. The normalized spacial score (nSPS) is 10.3. The Balaban J connectivity index is 2.37. The second-order valence-corrected chi connectivity index (χ2v) is 5.15. The number of ether oxygens (including phenoxy) is 1. The number of anilines is 3. The second kappa shape index (κ2) is 8.72. The maximum Gasteiger partial charge on any atom is 0.353 e. The number of esters is 1. The number of aliphatic hydroxyl groups is 1. The van der Waals surface area contributed by atoms with Crippen molar-refractivity contribution in [3.63, 3.8) is 0 Å². The van der Waals surface area contributed by atoms with E-state index in [1.165, 1.54) is 25.6 Å². The molecule has 10 heteroatoms. The number of nitro groups is 1. The predicted octanol–water partition coefficient (Wildman–Crippen LogP) is 1.73. The Labute approximate surface area is 149 Å². The summed E-state index contributed by atoms with van der Waals surface area (Å²) in [4.78, 5) is 32.0. The van der Waals surface area contributed by atoms with Gasteiger partial charge in [-0.15, -0.1) is 0 Å². The number of likely N-dealkylation sites (N-methyl/N-ethyl adjacent to an activating group) is 1. The van der Waals surface area contributed by atoms with E-state index < -0.39 is 10.9 Å². The van der Waals surface area contributed by atoms with Gasteiger partial charge in [-0.25, -0.2) is 14.8 Å². The highest BCUT2D eigenvalue weighted by atomic mass is 16.6. The number of nitrogens with zero attached hydrogens (tertiary/aromatic N) is 4. The summed E-state index contributed by atoms with van der Waals surface area (Å²) >= 11 is 0. The number of rotatable bonds is 8. The first-order valence-corrected chi connectivity index (χ1v) is 7.82. The van der Waals surface area contributed by atoms with E-state index in [9.17, 15) is 14.9 Å².